The molecule has 4 heteroatoms. The summed E-state index contributed by atoms with van der Waals surface area (Å²) in [4.78, 5) is 13.9. The molecule has 0 heterocycles. The lowest BCUT2D eigenvalue weighted by Gasteiger charge is -2.26. The minimum absolute atomic E-state index is 0.0156. The molecule has 0 aliphatic rings. The van der Waals surface area contributed by atoms with Gasteiger partial charge in [-0.05, 0) is 39.4 Å². The lowest BCUT2D eigenvalue weighted by Crippen LogP contribution is -2.42. The van der Waals surface area contributed by atoms with Crippen molar-refractivity contribution in [2.45, 2.75) is 39.7 Å². The maximum Gasteiger partial charge on any atom is 0.222 e. The molecule has 3 N–H and O–H groups in total. The van der Waals surface area contributed by atoms with Crippen molar-refractivity contribution in [1.29, 1.82) is 0 Å². The van der Waals surface area contributed by atoms with Gasteiger partial charge in [0, 0.05) is 18.5 Å². The molecule has 0 aliphatic heterocycles. The van der Waals surface area contributed by atoms with Gasteiger partial charge in [0.05, 0.1) is 0 Å². The maximum atomic E-state index is 11.8. The molecule has 0 aromatic carbocycles. The van der Waals surface area contributed by atoms with Crippen LogP contribution in [-0.4, -0.2) is 44.0 Å². The molecule has 0 rings (SSSR count). The van der Waals surface area contributed by atoms with Crippen molar-refractivity contribution in [3.05, 3.63) is 0 Å². The quantitative estimate of drug-likeness (QED) is 0.670. The van der Waals surface area contributed by atoms with Crippen molar-refractivity contribution in [3.63, 3.8) is 0 Å². The van der Waals surface area contributed by atoms with Gasteiger partial charge in [-0.2, -0.15) is 0 Å². The Morgan fingerprint density at radius 1 is 1.29 bits per heavy atom. The van der Waals surface area contributed by atoms with Crippen molar-refractivity contribution < 1.29 is 4.79 Å². The summed E-state index contributed by atoms with van der Waals surface area (Å²) in [6, 6.07) is 0.407. The Morgan fingerprint density at radius 2 is 1.88 bits per heavy atom. The first-order valence-corrected chi connectivity index (χ1v) is 6.52. The fraction of sp³-hybridized carbons (Fsp3) is 0.923. The summed E-state index contributed by atoms with van der Waals surface area (Å²) in [7, 11) is 4.12. The Kier molecular flexibility index (Phi) is 8.17. The van der Waals surface area contributed by atoms with Gasteiger partial charge < -0.3 is 16.0 Å². The van der Waals surface area contributed by atoms with Crippen LogP contribution in [0.5, 0.6) is 0 Å². The normalized spacial score (nSPS) is 15.1. The van der Waals surface area contributed by atoms with Crippen molar-refractivity contribution in [3.8, 4) is 0 Å². The predicted octanol–water partition coefficient (Wildman–Crippen LogP) is 1.06. The molecule has 0 spiro atoms. The molecular formula is C13H29N3O. The molecule has 0 aliphatic carbocycles. The number of amides is 1. The highest BCUT2D eigenvalue weighted by Gasteiger charge is 2.16. The van der Waals surface area contributed by atoms with Crippen LogP contribution in [0.25, 0.3) is 0 Å². The van der Waals surface area contributed by atoms with Gasteiger partial charge in [-0.1, -0.05) is 20.8 Å². The highest BCUT2D eigenvalue weighted by molar-refractivity contribution is 5.78. The van der Waals surface area contributed by atoms with E-state index in [9.17, 15) is 4.79 Å². The second kappa shape index (κ2) is 8.48. The van der Waals surface area contributed by atoms with Gasteiger partial charge >= 0.3 is 0 Å². The van der Waals surface area contributed by atoms with E-state index in [0.29, 0.717) is 18.5 Å². The van der Waals surface area contributed by atoms with Gasteiger partial charge in [-0.25, -0.2) is 0 Å². The van der Waals surface area contributed by atoms with Crippen molar-refractivity contribution in [1.82, 2.24) is 10.2 Å². The lowest BCUT2D eigenvalue weighted by atomic mass is 10.0. The highest BCUT2D eigenvalue weighted by Crippen LogP contribution is 2.08. The summed E-state index contributed by atoms with van der Waals surface area (Å²) < 4.78 is 0. The van der Waals surface area contributed by atoms with Gasteiger partial charge in [0.1, 0.15) is 0 Å². The van der Waals surface area contributed by atoms with E-state index >= 15 is 0 Å². The van der Waals surface area contributed by atoms with Gasteiger partial charge in [0.2, 0.25) is 5.91 Å². The topological polar surface area (TPSA) is 58.4 Å². The zero-order valence-corrected chi connectivity index (χ0v) is 12.0. The van der Waals surface area contributed by atoms with Crippen molar-refractivity contribution >= 4 is 5.91 Å². The highest BCUT2D eigenvalue weighted by atomic mass is 16.1. The molecule has 0 saturated heterocycles. The summed E-state index contributed by atoms with van der Waals surface area (Å²) in [6.45, 7) is 7.62. The van der Waals surface area contributed by atoms with E-state index in [1.165, 1.54) is 0 Å². The largest absolute Gasteiger partial charge is 0.354 e. The molecular weight excluding hydrogens is 214 g/mol. The van der Waals surface area contributed by atoms with Crippen LogP contribution < -0.4 is 11.1 Å². The van der Waals surface area contributed by atoms with Crippen molar-refractivity contribution in [2.75, 3.05) is 27.2 Å². The first-order valence-electron chi connectivity index (χ1n) is 6.52. The van der Waals surface area contributed by atoms with Crippen LogP contribution in [-0.2, 0) is 4.79 Å². The van der Waals surface area contributed by atoms with E-state index in [2.05, 4.69) is 38.2 Å². The molecule has 2 unspecified atom stereocenters. The number of likely N-dealkylation sites (N-methyl/N-ethyl adjacent to an activating group) is 1. The zero-order valence-electron chi connectivity index (χ0n) is 12.0. The summed E-state index contributed by atoms with van der Waals surface area (Å²) >= 11 is 0. The zero-order chi connectivity index (χ0) is 13.4. The van der Waals surface area contributed by atoms with E-state index in [4.69, 9.17) is 5.73 Å². The lowest BCUT2D eigenvalue weighted by molar-refractivity contribution is -0.124. The van der Waals surface area contributed by atoms with E-state index in [1.54, 1.807) is 0 Å². The number of hydrogen-bond donors (Lipinski definition) is 2. The van der Waals surface area contributed by atoms with Crippen LogP contribution in [0.3, 0.4) is 0 Å². The fourth-order valence-electron chi connectivity index (χ4n) is 1.79. The van der Waals surface area contributed by atoms with Gasteiger partial charge in [-0.15, -0.1) is 0 Å². The number of nitrogens with two attached hydrogens (primary N) is 1. The fourth-order valence-corrected chi connectivity index (χ4v) is 1.79. The average Bonchev–Trinajstić information content (AvgIpc) is 2.23. The summed E-state index contributed by atoms with van der Waals surface area (Å²) in [5.41, 5.74) is 5.45. The van der Waals surface area contributed by atoms with Gasteiger partial charge in [-0.3, -0.25) is 4.79 Å². The van der Waals surface area contributed by atoms with Gasteiger partial charge in [0.25, 0.3) is 0 Å². The minimum atomic E-state index is 0.0156. The number of carbonyl (C=O) groups is 1. The molecule has 17 heavy (non-hydrogen) atoms. The minimum Gasteiger partial charge on any atom is -0.354 e. The van der Waals surface area contributed by atoms with Crippen LogP contribution in [0.4, 0.5) is 0 Å². The number of nitrogens with zero attached hydrogens (tertiary/aromatic N) is 1. The molecule has 0 saturated carbocycles. The summed E-state index contributed by atoms with van der Waals surface area (Å²) in [6.07, 6.45) is 1.85. The molecule has 0 aromatic rings. The maximum absolute atomic E-state index is 11.8. The Balaban J connectivity index is 4.07. The number of hydrogen-bond acceptors (Lipinski definition) is 3. The van der Waals surface area contributed by atoms with Crippen molar-refractivity contribution in [2.24, 2.45) is 17.6 Å². The summed E-state index contributed by atoms with van der Waals surface area (Å²) in [5.74, 6) is 0.772. The monoisotopic (exact) mass is 243 g/mol. The van der Waals surface area contributed by atoms with Crippen LogP contribution in [0, 0.1) is 11.8 Å². The third-order valence-electron chi connectivity index (χ3n) is 3.03. The Morgan fingerprint density at radius 3 is 2.29 bits per heavy atom. The van der Waals surface area contributed by atoms with Gasteiger partial charge in [0.15, 0.2) is 0 Å². The third kappa shape index (κ3) is 7.34. The number of rotatable bonds is 8. The van der Waals surface area contributed by atoms with Crippen LogP contribution >= 0.6 is 0 Å². The Hall–Kier alpha value is -0.610. The smallest absolute Gasteiger partial charge is 0.222 e. The SMILES string of the molecule is CC(C)CC(CNC(=O)C(C)CCN)N(C)C. The van der Waals surface area contributed by atoms with E-state index in [1.807, 2.05) is 6.92 Å². The molecule has 0 aromatic heterocycles. The molecule has 0 fully saturated rings. The van der Waals surface area contributed by atoms with Crippen LogP contribution in [0.2, 0.25) is 0 Å². The first-order chi connectivity index (χ1) is 7.88. The Bertz CT molecular complexity index is 217. The second-order valence-corrected chi connectivity index (χ2v) is 5.47. The number of carbonyl (C=O) groups excluding carboxylic acids is 1. The molecule has 2 atom stereocenters. The molecule has 0 radical (unpaired) electrons. The first kappa shape index (κ1) is 16.4. The Labute approximate surface area is 106 Å². The van der Waals surface area contributed by atoms with E-state index in [0.717, 1.165) is 19.4 Å². The second-order valence-electron chi connectivity index (χ2n) is 5.47. The van der Waals surface area contributed by atoms with Crippen LogP contribution in [0.15, 0.2) is 0 Å². The number of nitrogens with one attached hydrogen (secondary N) is 1. The molecule has 0 bridgehead atoms. The predicted molar refractivity (Wildman–Crippen MR) is 72.8 cm³/mol. The van der Waals surface area contributed by atoms with Crippen LogP contribution in [0.1, 0.15) is 33.6 Å². The molecule has 4 nitrogen and oxygen atoms in total. The third-order valence-corrected chi connectivity index (χ3v) is 3.03. The molecule has 102 valence electrons. The average molecular weight is 243 g/mol. The molecule has 1 amide bonds. The standard InChI is InChI=1S/C13H29N3O/c1-10(2)8-12(16(4)5)9-15-13(17)11(3)6-7-14/h10-12H,6-9,14H2,1-5H3,(H,15,17). The summed E-state index contributed by atoms with van der Waals surface area (Å²) in [5, 5.41) is 3.02. The van der Waals surface area contributed by atoms with E-state index < -0.39 is 0 Å². The van der Waals surface area contributed by atoms with E-state index in [-0.39, 0.29) is 11.8 Å².